The van der Waals surface area contributed by atoms with Gasteiger partial charge in [-0.2, -0.15) is 0 Å². The SMILES string of the molecule is COc1cc(F)c(CON)c(Br)c1OC. The number of hydrogen-bond acceptors (Lipinski definition) is 4. The van der Waals surface area contributed by atoms with Crippen LogP contribution in [0.25, 0.3) is 0 Å². The minimum Gasteiger partial charge on any atom is -0.493 e. The standard InChI is InChI=1S/C9H11BrFNO3/c1-13-7-3-6(11)5(4-15-12)8(10)9(7)14-2/h3H,4,12H2,1-2H3. The van der Waals surface area contributed by atoms with Gasteiger partial charge in [-0.05, 0) is 15.9 Å². The van der Waals surface area contributed by atoms with E-state index in [0.29, 0.717) is 16.0 Å². The van der Waals surface area contributed by atoms with Crippen LogP contribution in [0.1, 0.15) is 5.56 Å². The molecule has 0 saturated carbocycles. The fraction of sp³-hybridized carbons (Fsp3) is 0.333. The van der Waals surface area contributed by atoms with Gasteiger partial charge in [0.25, 0.3) is 0 Å². The van der Waals surface area contributed by atoms with Crippen molar-refractivity contribution in [3.05, 3.63) is 21.9 Å². The molecule has 0 unspecified atom stereocenters. The quantitative estimate of drug-likeness (QED) is 0.857. The lowest BCUT2D eigenvalue weighted by Crippen LogP contribution is -2.04. The molecule has 0 fully saturated rings. The Labute approximate surface area is 95.2 Å². The number of hydrogen-bond donors (Lipinski definition) is 1. The Kier molecular flexibility index (Phi) is 4.31. The Morgan fingerprint density at radius 3 is 2.53 bits per heavy atom. The first kappa shape index (κ1) is 12.2. The molecular formula is C9H11BrFNO3. The summed E-state index contributed by atoms with van der Waals surface area (Å²) in [6.07, 6.45) is 0. The van der Waals surface area contributed by atoms with E-state index < -0.39 is 5.82 Å². The van der Waals surface area contributed by atoms with Crippen molar-refractivity contribution < 1.29 is 18.7 Å². The average molecular weight is 280 g/mol. The van der Waals surface area contributed by atoms with Gasteiger partial charge in [0, 0.05) is 11.6 Å². The molecule has 0 spiro atoms. The predicted molar refractivity (Wildman–Crippen MR) is 56.2 cm³/mol. The van der Waals surface area contributed by atoms with Crippen LogP contribution >= 0.6 is 15.9 Å². The third kappa shape index (κ3) is 2.39. The lowest BCUT2D eigenvalue weighted by atomic mass is 10.2. The summed E-state index contributed by atoms with van der Waals surface area (Å²) in [5.74, 6) is 5.15. The van der Waals surface area contributed by atoms with Gasteiger partial charge in [-0.25, -0.2) is 10.3 Å². The lowest BCUT2D eigenvalue weighted by Gasteiger charge is -2.13. The molecule has 15 heavy (non-hydrogen) atoms. The first-order valence-electron chi connectivity index (χ1n) is 4.06. The van der Waals surface area contributed by atoms with Crippen LogP contribution in [0.2, 0.25) is 0 Å². The van der Waals surface area contributed by atoms with E-state index in [1.165, 1.54) is 20.3 Å². The molecule has 0 amide bonds. The second-order valence-electron chi connectivity index (χ2n) is 2.70. The number of methoxy groups -OCH3 is 2. The maximum atomic E-state index is 13.5. The Balaban J connectivity index is 3.31. The fourth-order valence-corrected chi connectivity index (χ4v) is 1.84. The van der Waals surface area contributed by atoms with Gasteiger partial charge in [-0.1, -0.05) is 0 Å². The van der Waals surface area contributed by atoms with Gasteiger partial charge in [0.2, 0.25) is 0 Å². The molecule has 1 aromatic rings. The highest BCUT2D eigenvalue weighted by molar-refractivity contribution is 9.10. The summed E-state index contributed by atoms with van der Waals surface area (Å²) in [5, 5.41) is 0. The van der Waals surface area contributed by atoms with Gasteiger partial charge in [0.15, 0.2) is 11.5 Å². The van der Waals surface area contributed by atoms with Crippen LogP contribution in [0.3, 0.4) is 0 Å². The van der Waals surface area contributed by atoms with E-state index in [-0.39, 0.29) is 12.2 Å². The summed E-state index contributed by atoms with van der Waals surface area (Å²) in [6, 6.07) is 1.22. The molecule has 0 radical (unpaired) electrons. The first-order chi connectivity index (χ1) is 7.15. The fourth-order valence-electron chi connectivity index (χ4n) is 1.18. The smallest absolute Gasteiger partial charge is 0.175 e. The van der Waals surface area contributed by atoms with Crippen molar-refractivity contribution in [2.75, 3.05) is 14.2 Å². The molecule has 0 heterocycles. The molecule has 0 atom stereocenters. The summed E-state index contributed by atoms with van der Waals surface area (Å²) in [6.45, 7) is -0.0488. The number of benzene rings is 1. The highest BCUT2D eigenvalue weighted by Gasteiger charge is 2.17. The number of ether oxygens (including phenoxy) is 2. The molecular weight excluding hydrogens is 269 g/mol. The summed E-state index contributed by atoms with van der Waals surface area (Å²) >= 11 is 3.20. The van der Waals surface area contributed by atoms with E-state index in [4.69, 9.17) is 15.4 Å². The molecule has 0 aliphatic carbocycles. The third-order valence-corrected chi connectivity index (χ3v) is 2.72. The molecule has 0 aromatic heterocycles. The summed E-state index contributed by atoms with van der Waals surface area (Å²) in [5.41, 5.74) is 0.287. The minimum absolute atomic E-state index is 0.0488. The molecule has 84 valence electrons. The summed E-state index contributed by atoms with van der Waals surface area (Å²) in [4.78, 5) is 4.40. The van der Waals surface area contributed by atoms with Crippen LogP contribution < -0.4 is 15.4 Å². The number of nitrogens with two attached hydrogens (primary N) is 1. The van der Waals surface area contributed by atoms with Gasteiger partial charge in [-0.3, -0.25) is 4.84 Å². The van der Waals surface area contributed by atoms with Gasteiger partial charge in [-0.15, -0.1) is 0 Å². The molecule has 0 saturated heterocycles. The Hall–Kier alpha value is -0.850. The van der Waals surface area contributed by atoms with Gasteiger partial charge in [0.1, 0.15) is 5.82 Å². The van der Waals surface area contributed by atoms with E-state index in [9.17, 15) is 4.39 Å². The molecule has 0 bridgehead atoms. The average Bonchev–Trinajstić information content (AvgIpc) is 2.23. The minimum atomic E-state index is -0.468. The molecule has 1 rings (SSSR count). The van der Waals surface area contributed by atoms with Crippen molar-refractivity contribution in [3.8, 4) is 11.5 Å². The van der Waals surface area contributed by atoms with Crippen molar-refractivity contribution in [3.63, 3.8) is 0 Å². The molecule has 0 aliphatic rings. The number of halogens is 2. The van der Waals surface area contributed by atoms with Crippen LogP contribution in [0.15, 0.2) is 10.5 Å². The zero-order valence-electron chi connectivity index (χ0n) is 8.34. The monoisotopic (exact) mass is 279 g/mol. The Morgan fingerprint density at radius 1 is 1.40 bits per heavy atom. The van der Waals surface area contributed by atoms with Crippen LogP contribution in [0.5, 0.6) is 11.5 Å². The molecule has 4 nitrogen and oxygen atoms in total. The van der Waals surface area contributed by atoms with Gasteiger partial charge in [0.05, 0.1) is 25.3 Å². The molecule has 2 N–H and O–H groups in total. The zero-order valence-corrected chi connectivity index (χ0v) is 9.93. The van der Waals surface area contributed by atoms with Crippen LogP contribution in [-0.2, 0) is 11.4 Å². The number of rotatable bonds is 4. The van der Waals surface area contributed by atoms with E-state index in [0.717, 1.165) is 0 Å². The van der Waals surface area contributed by atoms with E-state index in [1.807, 2.05) is 0 Å². The lowest BCUT2D eigenvalue weighted by molar-refractivity contribution is 0.120. The second kappa shape index (κ2) is 5.29. The summed E-state index contributed by atoms with van der Waals surface area (Å²) < 4.78 is 24.0. The first-order valence-corrected chi connectivity index (χ1v) is 4.85. The van der Waals surface area contributed by atoms with E-state index in [1.54, 1.807) is 0 Å². The van der Waals surface area contributed by atoms with E-state index in [2.05, 4.69) is 20.8 Å². The maximum Gasteiger partial charge on any atom is 0.175 e. The van der Waals surface area contributed by atoms with Crippen molar-refractivity contribution >= 4 is 15.9 Å². The molecule has 1 aromatic carbocycles. The second-order valence-corrected chi connectivity index (χ2v) is 3.49. The van der Waals surface area contributed by atoms with Crippen molar-refractivity contribution in [1.82, 2.24) is 0 Å². The topological polar surface area (TPSA) is 53.7 Å². The molecule has 0 aliphatic heterocycles. The highest BCUT2D eigenvalue weighted by atomic mass is 79.9. The van der Waals surface area contributed by atoms with Crippen molar-refractivity contribution in [2.45, 2.75) is 6.61 Å². The Morgan fingerprint density at radius 2 is 2.07 bits per heavy atom. The van der Waals surface area contributed by atoms with Crippen LogP contribution in [0, 0.1) is 5.82 Å². The molecule has 6 heteroatoms. The van der Waals surface area contributed by atoms with Crippen molar-refractivity contribution in [1.29, 1.82) is 0 Å². The van der Waals surface area contributed by atoms with Crippen LogP contribution in [-0.4, -0.2) is 14.2 Å². The van der Waals surface area contributed by atoms with Gasteiger partial charge < -0.3 is 9.47 Å². The van der Waals surface area contributed by atoms with Gasteiger partial charge >= 0.3 is 0 Å². The van der Waals surface area contributed by atoms with Crippen molar-refractivity contribution in [2.24, 2.45) is 5.90 Å². The Bertz CT molecular complexity index is 360. The normalized spacial score (nSPS) is 10.2. The third-order valence-electron chi connectivity index (χ3n) is 1.89. The summed E-state index contributed by atoms with van der Waals surface area (Å²) in [7, 11) is 2.90. The largest absolute Gasteiger partial charge is 0.493 e. The predicted octanol–water partition coefficient (Wildman–Crippen LogP) is 2.00. The highest BCUT2D eigenvalue weighted by Crippen LogP contribution is 2.39. The maximum absolute atomic E-state index is 13.5. The van der Waals surface area contributed by atoms with Crippen LogP contribution in [0.4, 0.5) is 4.39 Å². The zero-order chi connectivity index (χ0) is 11.4. The van der Waals surface area contributed by atoms with E-state index >= 15 is 0 Å².